The zero-order valence-electron chi connectivity index (χ0n) is 16.8. The number of likely N-dealkylation sites (tertiary alicyclic amines) is 1. The number of ether oxygens (including phenoxy) is 1. The van der Waals surface area contributed by atoms with Gasteiger partial charge in [0.25, 0.3) is 5.56 Å². The van der Waals surface area contributed by atoms with Gasteiger partial charge in [-0.05, 0) is 30.4 Å². The second-order valence-electron chi connectivity index (χ2n) is 8.29. The van der Waals surface area contributed by atoms with Crippen LogP contribution in [-0.2, 0) is 21.1 Å². The second kappa shape index (κ2) is 7.93. The number of nitrogens with zero attached hydrogens (tertiary/aromatic N) is 4. The Labute approximate surface area is 168 Å². The molecule has 1 aromatic carbocycles. The predicted molar refractivity (Wildman–Crippen MR) is 106 cm³/mol. The van der Waals surface area contributed by atoms with E-state index in [1.165, 1.54) is 6.42 Å². The Kier molecular flexibility index (Phi) is 5.34. The van der Waals surface area contributed by atoms with E-state index >= 15 is 0 Å². The molecule has 4 rings (SSSR count). The van der Waals surface area contributed by atoms with Crippen molar-refractivity contribution in [3.63, 3.8) is 0 Å². The summed E-state index contributed by atoms with van der Waals surface area (Å²) in [5.41, 5.74) is 0.130. The van der Waals surface area contributed by atoms with Gasteiger partial charge in [0.15, 0.2) is 6.73 Å². The van der Waals surface area contributed by atoms with Gasteiger partial charge in [0.05, 0.1) is 11.3 Å². The minimum atomic E-state index is -0.504. The molecule has 1 aliphatic carbocycles. The molecule has 8 heteroatoms. The Morgan fingerprint density at radius 2 is 2.00 bits per heavy atom. The SMILES string of the molecule is C[C@@H]1[C@@H](C)CCC[C@@H]1N1C[C@H](C(=O)OCn2nnc3ccccc3c2=O)CC1=O. The van der Waals surface area contributed by atoms with Gasteiger partial charge in [-0.25, -0.2) is 0 Å². The Bertz CT molecular complexity index is 988. The van der Waals surface area contributed by atoms with Crippen LogP contribution in [0.25, 0.3) is 10.9 Å². The number of hydrogen-bond acceptors (Lipinski definition) is 6. The van der Waals surface area contributed by atoms with Crippen LogP contribution in [0.15, 0.2) is 29.1 Å². The number of aromatic nitrogens is 3. The van der Waals surface area contributed by atoms with Crippen molar-refractivity contribution in [1.82, 2.24) is 19.9 Å². The highest BCUT2D eigenvalue weighted by molar-refractivity contribution is 5.87. The Morgan fingerprint density at radius 3 is 2.83 bits per heavy atom. The molecule has 0 bridgehead atoms. The van der Waals surface area contributed by atoms with Gasteiger partial charge < -0.3 is 9.64 Å². The molecule has 2 aliphatic rings. The van der Waals surface area contributed by atoms with E-state index in [1.54, 1.807) is 24.3 Å². The fourth-order valence-electron chi connectivity index (χ4n) is 4.55. The molecule has 1 saturated carbocycles. The number of carbonyl (C=O) groups is 2. The van der Waals surface area contributed by atoms with Crippen LogP contribution in [0.3, 0.4) is 0 Å². The van der Waals surface area contributed by atoms with Gasteiger partial charge in [-0.1, -0.05) is 44.0 Å². The van der Waals surface area contributed by atoms with Crippen LogP contribution in [0.4, 0.5) is 0 Å². The molecule has 1 aromatic heterocycles. The summed E-state index contributed by atoms with van der Waals surface area (Å²) in [4.78, 5) is 39.4. The standard InChI is InChI=1S/C21H26N4O4/c1-13-6-5-9-18(14(13)2)24-11-15(10-19(24)26)21(28)29-12-25-20(27)16-7-3-4-8-17(16)22-23-25/h3-4,7-8,13-15,18H,5-6,9-12H2,1-2H3/t13-,14+,15+,18-/m0/s1. The first kappa shape index (κ1) is 19.5. The maximum Gasteiger partial charge on any atom is 0.313 e. The summed E-state index contributed by atoms with van der Waals surface area (Å²) in [5.74, 6) is 0.0376. The summed E-state index contributed by atoms with van der Waals surface area (Å²) in [7, 11) is 0. The molecule has 2 aromatic rings. The van der Waals surface area contributed by atoms with Crippen molar-refractivity contribution in [2.24, 2.45) is 17.8 Å². The third kappa shape index (κ3) is 3.75. The van der Waals surface area contributed by atoms with Crippen LogP contribution in [0, 0.1) is 17.8 Å². The predicted octanol–water partition coefficient (Wildman–Crippen LogP) is 1.97. The zero-order chi connectivity index (χ0) is 20.5. The van der Waals surface area contributed by atoms with E-state index in [0.29, 0.717) is 29.3 Å². The first-order valence-electron chi connectivity index (χ1n) is 10.2. The number of carbonyl (C=O) groups excluding carboxylic acids is 2. The smallest absolute Gasteiger partial charge is 0.313 e. The molecule has 2 fully saturated rings. The van der Waals surface area contributed by atoms with E-state index in [1.807, 2.05) is 4.90 Å². The van der Waals surface area contributed by atoms with Crippen molar-refractivity contribution in [2.45, 2.75) is 52.3 Å². The van der Waals surface area contributed by atoms with Crippen molar-refractivity contribution < 1.29 is 14.3 Å². The Hall–Kier alpha value is -2.77. The molecule has 8 nitrogen and oxygen atoms in total. The van der Waals surface area contributed by atoms with E-state index in [9.17, 15) is 14.4 Å². The minimum absolute atomic E-state index is 0.0144. The van der Waals surface area contributed by atoms with Gasteiger partial charge in [-0.2, -0.15) is 4.68 Å². The van der Waals surface area contributed by atoms with Gasteiger partial charge in [-0.15, -0.1) is 5.10 Å². The van der Waals surface area contributed by atoms with Gasteiger partial charge >= 0.3 is 5.97 Å². The molecule has 4 atom stereocenters. The Morgan fingerprint density at radius 1 is 1.21 bits per heavy atom. The summed E-state index contributed by atoms with van der Waals surface area (Å²) in [6.45, 7) is 4.50. The van der Waals surface area contributed by atoms with Crippen LogP contribution < -0.4 is 5.56 Å². The lowest BCUT2D eigenvalue weighted by atomic mass is 9.77. The summed E-state index contributed by atoms with van der Waals surface area (Å²) >= 11 is 0. The van der Waals surface area contributed by atoms with Crippen LogP contribution in [0.5, 0.6) is 0 Å². The highest BCUT2D eigenvalue weighted by Gasteiger charge is 2.42. The second-order valence-corrected chi connectivity index (χ2v) is 8.29. The highest BCUT2D eigenvalue weighted by Crippen LogP contribution is 2.35. The monoisotopic (exact) mass is 398 g/mol. The fourth-order valence-corrected chi connectivity index (χ4v) is 4.55. The number of amides is 1. The van der Waals surface area contributed by atoms with E-state index in [0.717, 1.165) is 17.5 Å². The lowest BCUT2D eigenvalue weighted by molar-refractivity contribution is -0.153. The van der Waals surface area contributed by atoms with Crippen LogP contribution in [0.1, 0.15) is 39.5 Å². The van der Waals surface area contributed by atoms with Gasteiger partial charge in [0.2, 0.25) is 5.91 Å². The van der Waals surface area contributed by atoms with Crippen molar-refractivity contribution in [1.29, 1.82) is 0 Å². The molecule has 2 heterocycles. The van der Waals surface area contributed by atoms with E-state index in [4.69, 9.17) is 4.74 Å². The first-order valence-corrected chi connectivity index (χ1v) is 10.2. The van der Waals surface area contributed by atoms with E-state index in [2.05, 4.69) is 24.2 Å². The number of hydrogen-bond donors (Lipinski definition) is 0. The zero-order valence-corrected chi connectivity index (χ0v) is 16.8. The molecule has 1 amide bonds. The van der Waals surface area contributed by atoms with E-state index < -0.39 is 11.9 Å². The molecule has 154 valence electrons. The molecule has 0 unspecified atom stereocenters. The number of fused-ring (bicyclic) bond motifs is 1. The molecule has 1 aliphatic heterocycles. The Balaban J connectivity index is 1.40. The summed E-state index contributed by atoms with van der Waals surface area (Å²) in [6, 6.07) is 7.07. The molecular formula is C21H26N4O4. The lowest BCUT2D eigenvalue weighted by Crippen LogP contribution is -2.45. The van der Waals surface area contributed by atoms with Gasteiger partial charge in [0.1, 0.15) is 5.52 Å². The van der Waals surface area contributed by atoms with Crippen molar-refractivity contribution in [3.05, 3.63) is 34.6 Å². The summed E-state index contributed by atoms with van der Waals surface area (Å²) in [6.07, 6.45) is 3.45. The molecule has 0 N–H and O–H groups in total. The fraction of sp³-hybridized carbons (Fsp3) is 0.571. The van der Waals surface area contributed by atoms with Crippen LogP contribution >= 0.6 is 0 Å². The largest absolute Gasteiger partial charge is 0.442 e. The minimum Gasteiger partial charge on any atom is -0.442 e. The van der Waals surface area contributed by atoms with Gasteiger partial charge in [-0.3, -0.25) is 14.4 Å². The maximum absolute atomic E-state index is 12.6. The molecule has 0 radical (unpaired) electrons. The first-order chi connectivity index (χ1) is 14.0. The van der Waals surface area contributed by atoms with Gasteiger partial charge in [0, 0.05) is 19.0 Å². The third-order valence-electron chi connectivity index (χ3n) is 6.51. The molecule has 0 spiro atoms. The average Bonchev–Trinajstić information content (AvgIpc) is 3.11. The van der Waals surface area contributed by atoms with Crippen LogP contribution in [-0.4, -0.2) is 44.4 Å². The van der Waals surface area contributed by atoms with Crippen LogP contribution in [0.2, 0.25) is 0 Å². The topological polar surface area (TPSA) is 94.4 Å². The maximum atomic E-state index is 12.6. The summed E-state index contributed by atoms with van der Waals surface area (Å²) < 4.78 is 6.34. The molecular weight excluding hydrogens is 372 g/mol. The van der Waals surface area contributed by atoms with E-state index in [-0.39, 0.29) is 30.7 Å². The average molecular weight is 398 g/mol. The lowest BCUT2D eigenvalue weighted by Gasteiger charge is -2.39. The van der Waals surface area contributed by atoms with Crippen molar-refractivity contribution in [3.8, 4) is 0 Å². The van der Waals surface area contributed by atoms with Crippen molar-refractivity contribution in [2.75, 3.05) is 6.54 Å². The number of benzene rings is 1. The molecule has 29 heavy (non-hydrogen) atoms. The summed E-state index contributed by atoms with van der Waals surface area (Å²) in [5, 5.41) is 8.22. The quantitative estimate of drug-likeness (QED) is 0.731. The highest BCUT2D eigenvalue weighted by atomic mass is 16.5. The molecule has 1 saturated heterocycles. The normalized spacial score (nSPS) is 27.4. The van der Waals surface area contributed by atoms with Crippen molar-refractivity contribution >= 4 is 22.8 Å². The third-order valence-corrected chi connectivity index (χ3v) is 6.51. The number of esters is 1. The number of rotatable bonds is 4.